The summed E-state index contributed by atoms with van der Waals surface area (Å²) in [5.41, 5.74) is 0.852. The summed E-state index contributed by atoms with van der Waals surface area (Å²) < 4.78 is 9.64. The third-order valence-electron chi connectivity index (χ3n) is 1.91. The molecule has 0 radical (unpaired) electrons. The molecule has 0 amide bonds. The molecule has 0 saturated carbocycles. The summed E-state index contributed by atoms with van der Waals surface area (Å²) in [5, 5.41) is 0. The van der Waals surface area contributed by atoms with Gasteiger partial charge < -0.3 is 10.9 Å². The second-order valence-electron chi connectivity index (χ2n) is 3.02. The monoisotopic (exact) mass is 356 g/mol. The van der Waals surface area contributed by atoms with E-state index in [0.29, 0.717) is 24.3 Å². The average molecular weight is 356 g/mol. The van der Waals surface area contributed by atoms with Crippen molar-refractivity contribution >= 4 is 11.9 Å². The molecule has 17 heavy (non-hydrogen) atoms. The minimum Gasteiger partial charge on any atom is -1.00 e. The molecule has 0 fully saturated rings. The number of hydrogen-bond donors (Lipinski definition) is 0. The van der Waals surface area contributed by atoms with E-state index in [1.807, 2.05) is 0 Å². The molecule has 1 aromatic rings. The standard InChI is InChI=1S/C12H14O4.Cs.H/c1-3-15-11(13)9-5-7-10(8-6-9)12(14)16-4-2;;/h5-8H,3-4H2,1-2H3;;/q;+1;-1. The molecule has 1 rings (SSSR count). The molecule has 0 spiro atoms. The Kier molecular flexibility index (Phi) is 9.30. The molecule has 4 nitrogen and oxygen atoms in total. The predicted molar refractivity (Wildman–Crippen MR) is 59.5 cm³/mol. The van der Waals surface area contributed by atoms with Gasteiger partial charge in [-0.25, -0.2) is 9.59 Å². The number of carbonyl (C=O) groups is 2. The van der Waals surface area contributed by atoms with E-state index in [1.54, 1.807) is 38.1 Å². The third-order valence-corrected chi connectivity index (χ3v) is 1.91. The van der Waals surface area contributed by atoms with E-state index >= 15 is 0 Å². The number of carbonyl (C=O) groups excluding carboxylic acids is 2. The quantitative estimate of drug-likeness (QED) is 0.660. The zero-order valence-corrected chi connectivity index (χ0v) is 16.6. The zero-order valence-electron chi connectivity index (χ0n) is 11.4. The first-order valence-corrected chi connectivity index (χ1v) is 5.13. The van der Waals surface area contributed by atoms with E-state index in [0.717, 1.165) is 0 Å². The van der Waals surface area contributed by atoms with E-state index in [4.69, 9.17) is 9.47 Å². The molecule has 1 aromatic carbocycles. The molecule has 0 atom stereocenters. The second-order valence-corrected chi connectivity index (χ2v) is 3.02. The van der Waals surface area contributed by atoms with Gasteiger partial charge in [0.1, 0.15) is 0 Å². The first kappa shape index (κ1) is 17.2. The molecule has 5 heteroatoms. The van der Waals surface area contributed by atoms with Crippen molar-refractivity contribution in [3.63, 3.8) is 0 Å². The molecule has 88 valence electrons. The predicted octanol–water partition coefficient (Wildman–Crippen LogP) is -0.843. The van der Waals surface area contributed by atoms with Crippen LogP contribution < -0.4 is 68.9 Å². The Morgan fingerprint density at radius 3 is 1.47 bits per heavy atom. The minimum atomic E-state index is -0.391. The molecule has 0 aromatic heterocycles. The fourth-order valence-corrected chi connectivity index (χ4v) is 1.17. The van der Waals surface area contributed by atoms with Crippen LogP contribution in [-0.2, 0) is 9.47 Å². The Balaban J connectivity index is 0. The fraction of sp³-hybridized carbons (Fsp3) is 0.333. The van der Waals surface area contributed by atoms with Crippen LogP contribution in [0.3, 0.4) is 0 Å². The van der Waals surface area contributed by atoms with Crippen LogP contribution in [0.25, 0.3) is 0 Å². The van der Waals surface area contributed by atoms with Gasteiger partial charge in [-0.1, -0.05) is 0 Å². The maximum Gasteiger partial charge on any atom is 1.00 e. The number of esters is 2. The Morgan fingerprint density at radius 1 is 0.941 bits per heavy atom. The molecule has 0 bridgehead atoms. The van der Waals surface area contributed by atoms with Crippen LogP contribution in [-0.4, -0.2) is 25.2 Å². The molecule has 0 unspecified atom stereocenters. The van der Waals surface area contributed by atoms with Crippen molar-refractivity contribution < 1.29 is 89.4 Å². The third kappa shape index (κ3) is 5.59. The first-order chi connectivity index (χ1) is 7.69. The molecule has 0 aliphatic heterocycles. The summed E-state index contributed by atoms with van der Waals surface area (Å²) in [6.07, 6.45) is 0. The molecule has 0 aliphatic rings. The maximum atomic E-state index is 11.3. The van der Waals surface area contributed by atoms with Crippen LogP contribution in [0, 0.1) is 0 Å². The van der Waals surface area contributed by atoms with Gasteiger partial charge in [-0.15, -0.1) is 0 Å². The molecule has 0 saturated heterocycles. The molecule has 0 N–H and O–H groups in total. The van der Waals surface area contributed by atoms with Crippen LogP contribution >= 0.6 is 0 Å². The molecule has 0 heterocycles. The summed E-state index contributed by atoms with van der Waals surface area (Å²) in [5.74, 6) is -0.782. The van der Waals surface area contributed by atoms with Crippen molar-refractivity contribution in [2.75, 3.05) is 13.2 Å². The van der Waals surface area contributed by atoms with Crippen molar-refractivity contribution in [3.8, 4) is 0 Å². The fourth-order valence-electron chi connectivity index (χ4n) is 1.17. The second kappa shape index (κ2) is 9.18. The molecular formula is C12H15CsO4. The van der Waals surface area contributed by atoms with Gasteiger partial charge in [-0.05, 0) is 38.1 Å². The van der Waals surface area contributed by atoms with Gasteiger partial charge in [0, 0.05) is 0 Å². The molecule has 0 aliphatic carbocycles. The summed E-state index contributed by atoms with van der Waals surface area (Å²) >= 11 is 0. The van der Waals surface area contributed by atoms with E-state index in [1.165, 1.54) is 0 Å². The molecular weight excluding hydrogens is 341 g/mol. The average Bonchev–Trinajstić information content (AvgIpc) is 2.30. The Morgan fingerprint density at radius 2 is 1.24 bits per heavy atom. The van der Waals surface area contributed by atoms with Gasteiger partial charge in [-0.3, -0.25) is 0 Å². The summed E-state index contributed by atoms with van der Waals surface area (Å²) in [4.78, 5) is 22.6. The van der Waals surface area contributed by atoms with Crippen molar-refractivity contribution in [2.24, 2.45) is 0 Å². The number of rotatable bonds is 4. The van der Waals surface area contributed by atoms with E-state index in [2.05, 4.69) is 0 Å². The van der Waals surface area contributed by atoms with Gasteiger partial charge >= 0.3 is 80.8 Å². The maximum absolute atomic E-state index is 11.3. The van der Waals surface area contributed by atoms with Crippen molar-refractivity contribution in [2.45, 2.75) is 13.8 Å². The normalized spacial score (nSPS) is 9.06. The van der Waals surface area contributed by atoms with E-state index in [-0.39, 0.29) is 70.3 Å². The topological polar surface area (TPSA) is 52.6 Å². The van der Waals surface area contributed by atoms with Crippen LogP contribution in [0.1, 0.15) is 36.0 Å². The Hall–Kier alpha value is 0.212. The van der Waals surface area contributed by atoms with Crippen molar-refractivity contribution in [3.05, 3.63) is 35.4 Å². The number of hydrogen-bond acceptors (Lipinski definition) is 4. The summed E-state index contributed by atoms with van der Waals surface area (Å²) in [6.45, 7) is 4.15. The van der Waals surface area contributed by atoms with E-state index < -0.39 is 11.9 Å². The van der Waals surface area contributed by atoms with Crippen LogP contribution in [0.15, 0.2) is 24.3 Å². The smallest absolute Gasteiger partial charge is 1.00 e. The van der Waals surface area contributed by atoms with Crippen LogP contribution in [0.5, 0.6) is 0 Å². The van der Waals surface area contributed by atoms with Gasteiger partial charge in [0.2, 0.25) is 0 Å². The van der Waals surface area contributed by atoms with Crippen molar-refractivity contribution in [1.82, 2.24) is 0 Å². The summed E-state index contributed by atoms with van der Waals surface area (Å²) in [6, 6.07) is 6.18. The van der Waals surface area contributed by atoms with Gasteiger partial charge in [0.15, 0.2) is 0 Å². The van der Waals surface area contributed by atoms with Gasteiger partial charge in [0.05, 0.1) is 24.3 Å². The Bertz CT molecular complexity index is 341. The van der Waals surface area contributed by atoms with Crippen molar-refractivity contribution in [1.29, 1.82) is 0 Å². The summed E-state index contributed by atoms with van der Waals surface area (Å²) in [7, 11) is 0. The van der Waals surface area contributed by atoms with Crippen LogP contribution in [0.4, 0.5) is 0 Å². The first-order valence-electron chi connectivity index (χ1n) is 5.13. The van der Waals surface area contributed by atoms with E-state index in [9.17, 15) is 9.59 Å². The van der Waals surface area contributed by atoms with Gasteiger partial charge in [-0.2, -0.15) is 0 Å². The van der Waals surface area contributed by atoms with Crippen LogP contribution in [0.2, 0.25) is 0 Å². The number of benzene rings is 1. The minimum absolute atomic E-state index is 0. The van der Waals surface area contributed by atoms with Gasteiger partial charge in [0.25, 0.3) is 0 Å². The Labute approximate surface area is 161 Å². The largest absolute Gasteiger partial charge is 1.00 e. The zero-order chi connectivity index (χ0) is 12.0. The SMILES string of the molecule is CCOC(=O)c1ccc(C(=O)OCC)cc1.[Cs+].[H-]. The number of ether oxygens (including phenoxy) is 2.